The third kappa shape index (κ3) is 5.41. The molecule has 0 N–H and O–H groups in total. The molecule has 2 heterocycles. The van der Waals surface area contributed by atoms with Gasteiger partial charge in [-0.3, -0.25) is 10.1 Å². The zero-order valence-corrected chi connectivity index (χ0v) is 16.7. The number of nitro groups is 1. The van der Waals surface area contributed by atoms with Crippen molar-refractivity contribution in [2.75, 3.05) is 31.2 Å². The van der Waals surface area contributed by atoms with Crippen LogP contribution in [0.25, 0.3) is 0 Å². The van der Waals surface area contributed by atoms with Crippen LogP contribution in [0.3, 0.4) is 0 Å². The van der Waals surface area contributed by atoms with Crippen molar-refractivity contribution in [1.29, 1.82) is 0 Å². The van der Waals surface area contributed by atoms with Gasteiger partial charge in [-0.25, -0.2) is 4.98 Å². The molecular formula is C18H30BN3O4. The second-order valence-corrected chi connectivity index (χ2v) is 8.68. The minimum atomic E-state index is -0.605. The van der Waals surface area contributed by atoms with Crippen LogP contribution in [0.1, 0.15) is 41.5 Å². The first-order valence-electron chi connectivity index (χ1n) is 9.21. The van der Waals surface area contributed by atoms with Crippen LogP contribution in [0.4, 0.5) is 11.5 Å². The lowest BCUT2D eigenvalue weighted by molar-refractivity contribution is -0.384. The Balaban J connectivity index is 2.31. The Morgan fingerprint density at radius 3 is 2.23 bits per heavy atom. The molecule has 8 heteroatoms. The van der Waals surface area contributed by atoms with Crippen molar-refractivity contribution in [3.05, 3.63) is 22.4 Å². The highest BCUT2D eigenvalue weighted by molar-refractivity contribution is 6.61. The minimum Gasteiger partial charge on any atom is -0.407 e. The van der Waals surface area contributed by atoms with Gasteiger partial charge in [-0.15, -0.1) is 0 Å². The normalized spacial score (nSPS) is 17.0. The van der Waals surface area contributed by atoms with E-state index in [1.165, 1.54) is 0 Å². The van der Waals surface area contributed by atoms with Crippen LogP contribution in [0, 0.1) is 27.4 Å². The quantitative estimate of drug-likeness (QED) is 0.421. The zero-order chi connectivity index (χ0) is 19.5. The Labute approximate surface area is 156 Å². The Kier molecular flexibility index (Phi) is 6.63. The summed E-state index contributed by atoms with van der Waals surface area (Å²) in [4.78, 5) is 17.8. The fourth-order valence-corrected chi connectivity index (χ4v) is 2.98. The van der Waals surface area contributed by atoms with Gasteiger partial charge in [-0.05, 0) is 11.8 Å². The molecule has 2 rings (SSSR count). The predicted molar refractivity (Wildman–Crippen MR) is 104 cm³/mol. The fourth-order valence-electron chi connectivity index (χ4n) is 2.98. The third-order valence-corrected chi connectivity index (χ3v) is 4.06. The van der Waals surface area contributed by atoms with Gasteiger partial charge in [-0.1, -0.05) is 41.5 Å². The van der Waals surface area contributed by atoms with Gasteiger partial charge in [0.25, 0.3) is 0 Å². The highest BCUT2D eigenvalue weighted by Crippen LogP contribution is 2.27. The molecule has 0 unspecified atom stereocenters. The zero-order valence-electron chi connectivity index (χ0n) is 16.7. The van der Waals surface area contributed by atoms with Crippen LogP contribution in [0.2, 0.25) is 0 Å². The molecule has 1 aliphatic heterocycles. The van der Waals surface area contributed by atoms with Crippen LogP contribution >= 0.6 is 0 Å². The maximum absolute atomic E-state index is 11.7. The van der Waals surface area contributed by atoms with E-state index in [-0.39, 0.29) is 16.0 Å². The molecule has 0 amide bonds. The van der Waals surface area contributed by atoms with Crippen molar-refractivity contribution in [2.45, 2.75) is 41.5 Å². The Morgan fingerprint density at radius 2 is 1.77 bits per heavy atom. The standard InChI is InChI=1S/C18H30BN3O4/c1-13(2)9-21(10-14(3)4)17-16(22(23)24)7-15(8-20-17)19-25-11-18(5,6)12-26-19/h7-8,13-14H,9-12H2,1-6H3. The lowest BCUT2D eigenvalue weighted by Gasteiger charge is -2.33. The first-order chi connectivity index (χ1) is 12.1. The smallest absolute Gasteiger partial charge is 0.407 e. The van der Waals surface area contributed by atoms with E-state index in [4.69, 9.17) is 9.31 Å². The predicted octanol–water partition coefficient (Wildman–Crippen LogP) is 2.88. The number of hydrogen-bond donors (Lipinski definition) is 0. The van der Waals surface area contributed by atoms with Crippen molar-refractivity contribution in [2.24, 2.45) is 17.3 Å². The van der Waals surface area contributed by atoms with Crippen LogP contribution in [0.5, 0.6) is 0 Å². The van der Waals surface area contributed by atoms with E-state index in [1.807, 2.05) is 4.90 Å². The number of rotatable bonds is 7. The maximum Gasteiger partial charge on any atom is 0.495 e. The van der Waals surface area contributed by atoms with Gasteiger partial charge < -0.3 is 14.2 Å². The molecule has 0 radical (unpaired) electrons. The van der Waals surface area contributed by atoms with Crippen LogP contribution in [-0.2, 0) is 9.31 Å². The van der Waals surface area contributed by atoms with E-state index in [0.29, 0.717) is 36.3 Å². The lowest BCUT2D eigenvalue weighted by Crippen LogP contribution is -2.47. The Bertz CT molecular complexity index is 617. The van der Waals surface area contributed by atoms with E-state index in [9.17, 15) is 10.1 Å². The monoisotopic (exact) mass is 363 g/mol. The highest BCUT2D eigenvalue weighted by atomic mass is 16.6. The average Bonchev–Trinajstić information content (AvgIpc) is 2.52. The summed E-state index contributed by atoms with van der Waals surface area (Å²) in [5.41, 5.74) is 0.534. The molecule has 0 spiro atoms. The molecule has 1 aromatic heterocycles. The molecule has 0 aliphatic carbocycles. The largest absolute Gasteiger partial charge is 0.495 e. The van der Waals surface area contributed by atoms with Crippen LogP contribution in [0.15, 0.2) is 12.3 Å². The van der Waals surface area contributed by atoms with E-state index >= 15 is 0 Å². The van der Waals surface area contributed by atoms with E-state index in [2.05, 4.69) is 46.5 Å². The number of nitrogens with zero attached hydrogens (tertiary/aromatic N) is 3. The van der Waals surface area contributed by atoms with E-state index < -0.39 is 7.12 Å². The van der Waals surface area contributed by atoms with Crippen molar-refractivity contribution >= 4 is 24.1 Å². The molecule has 1 aromatic rings. The van der Waals surface area contributed by atoms with Crippen molar-refractivity contribution in [3.8, 4) is 0 Å². The van der Waals surface area contributed by atoms with Gasteiger partial charge in [0, 0.05) is 49.4 Å². The van der Waals surface area contributed by atoms with Gasteiger partial charge in [0.2, 0.25) is 5.82 Å². The lowest BCUT2D eigenvalue weighted by atomic mass is 9.76. The van der Waals surface area contributed by atoms with Crippen molar-refractivity contribution < 1.29 is 14.2 Å². The Morgan fingerprint density at radius 1 is 1.23 bits per heavy atom. The van der Waals surface area contributed by atoms with E-state index in [1.54, 1.807) is 12.3 Å². The Hall–Kier alpha value is -1.67. The van der Waals surface area contributed by atoms with E-state index in [0.717, 1.165) is 13.1 Å². The topological polar surface area (TPSA) is 77.7 Å². The molecule has 7 nitrogen and oxygen atoms in total. The SMILES string of the molecule is CC(C)CN(CC(C)C)c1ncc(B2OCC(C)(C)CO2)cc1[N+](=O)[O-]. The van der Waals surface area contributed by atoms with Gasteiger partial charge >= 0.3 is 12.8 Å². The summed E-state index contributed by atoms with van der Waals surface area (Å²) in [7, 11) is -0.605. The molecule has 1 fully saturated rings. The highest BCUT2D eigenvalue weighted by Gasteiger charge is 2.35. The minimum absolute atomic E-state index is 0.000772. The summed E-state index contributed by atoms with van der Waals surface area (Å²) in [6.07, 6.45) is 1.64. The average molecular weight is 363 g/mol. The van der Waals surface area contributed by atoms with Gasteiger partial charge in [-0.2, -0.15) is 0 Å². The summed E-state index contributed by atoms with van der Waals surface area (Å²) in [6, 6.07) is 1.54. The fraction of sp³-hybridized carbons (Fsp3) is 0.722. The summed E-state index contributed by atoms with van der Waals surface area (Å²) in [5, 5.41) is 11.7. The molecule has 1 aliphatic rings. The van der Waals surface area contributed by atoms with Crippen molar-refractivity contribution in [3.63, 3.8) is 0 Å². The number of pyridine rings is 1. The maximum atomic E-state index is 11.7. The summed E-state index contributed by atoms with van der Waals surface area (Å²) >= 11 is 0. The first-order valence-corrected chi connectivity index (χ1v) is 9.21. The second-order valence-electron chi connectivity index (χ2n) is 8.68. The number of aromatic nitrogens is 1. The molecule has 26 heavy (non-hydrogen) atoms. The number of hydrogen-bond acceptors (Lipinski definition) is 6. The van der Waals surface area contributed by atoms with Crippen molar-refractivity contribution in [1.82, 2.24) is 4.98 Å². The van der Waals surface area contributed by atoms with Gasteiger partial charge in [0.1, 0.15) is 0 Å². The third-order valence-electron chi connectivity index (χ3n) is 4.06. The molecule has 144 valence electrons. The molecule has 0 bridgehead atoms. The molecule has 0 saturated carbocycles. The molecule has 0 aromatic carbocycles. The van der Waals surface area contributed by atoms with Gasteiger partial charge in [0.15, 0.2) is 0 Å². The van der Waals surface area contributed by atoms with Crippen LogP contribution in [-0.4, -0.2) is 43.3 Å². The summed E-state index contributed by atoms with van der Waals surface area (Å²) < 4.78 is 11.5. The van der Waals surface area contributed by atoms with Gasteiger partial charge in [0.05, 0.1) is 4.92 Å². The second kappa shape index (κ2) is 8.35. The summed E-state index contributed by atoms with van der Waals surface area (Å²) in [5.74, 6) is 1.17. The first kappa shape index (κ1) is 20.6. The molecule has 1 saturated heterocycles. The molecule has 0 atom stereocenters. The molecular weight excluding hydrogens is 333 g/mol. The number of anilines is 1. The van der Waals surface area contributed by atoms with Crippen LogP contribution < -0.4 is 10.4 Å². The summed E-state index contributed by atoms with van der Waals surface area (Å²) in [6.45, 7) is 15.0.